The van der Waals surface area contributed by atoms with E-state index in [0.29, 0.717) is 19.4 Å². The Labute approximate surface area is 206 Å². The van der Waals surface area contributed by atoms with E-state index in [1.165, 1.54) is 18.1 Å². The van der Waals surface area contributed by atoms with Crippen LogP contribution in [0.1, 0.15) is 63.0 Å². The zero-order chi connectivity index (χ0) is 25.0. The summed E-state index contributed by atoms with van der Waals surface area (Å²) in [6.45, 7) is 3.83. The van der Waals surface area contributed by atoms with Gasteiger partial charge in [-0.25, -0.2) is 9.59 Å². The first-order chi connectivity index (χ1) is 16.8. The molecule has 35 heavy (non-hydrogen) atoms. The Balaban J connectivity index is 1.34. The summed E-state index contributed by atoms with van der Waals surface area (Å²) in [6, 6.07) is 16.4. The van der Waals surface area contributed by atoms with Gasteiger partial charge in [0.05, 0.1) is 0 Å². The highest BCUT2D eigenvalue weighted by molar-refractivity contribution is 5.88. The van der Waals surface area contributed by atoms with Crippen LogP contribution in [0.15, 0.2) is 48.5 Å². The zero-order valence-corrected chi connectivity index (χ0v) is 20.4. The van der Waals surface area contributed by atoms with Gasteiger partial charge in [0.1, 0.15) is 12.1 Å². The smallest absolute Gasteiger partial charge is 0.407 e. The minimum Gasteiger partial charge on any atom is -0.480 e. The first kappa shape index (κ1) is 24.8. The van der Waals surface area contributed by atoms with Crippen LogP contribution in [0.25, 0.3) is 11.1 Å². The van der Waals surface area contributed by atoms with E-state index in [1.54, 1.807) is 6.92 Å². The zero-order valence-electron chi connectivity index (χ0n) is 20.4. The summed E-state index contributed by atoms with van der Waals surface area (Å²) in [4.78, 5) is 37.2. The number of hydrogen-bond donors (Lipinski definition) is 3. The Kier molecular flexibility index (Phi) is 7.43. The fourth-order valence-electron chi connectivity index (χ4n) is 5.32. The van der Waals surface area contributed by atoms with Crippen molar-refractivity contribution in [3.8, 4) is 11.1 Å². The van der Waals surface area contributed by atoms with E-state index < -0.39 is 17.6 Å². The quantitative estimate of drug-likeness (QED) is 0.510. The minimum absolute atomic E-state index is 0.0101. The van der Waals surface area contributed by atoms with Crippen LogP contribution >= 0.6 is 0 Å². The van der Waals surface area contributed by atoms with Crippen molar-refractivity contribution in [1.29, 1.82) is 0 Å². The number of benzene rings is 2. The Morgan fingerprint density at radius 2 is 1.60 bits per heavy atom. The summed E-state index contributed by atoms with van der Waals surface area (Å²) in [5.74, 6) is -1.70. The molecule has 0 radical (unpaired) electrons. The van der Waals surface area contributed by atoms with Gasteiger partial charge in [-0.2, -0.15) is 0 Å². The van der Waals surface area contributed by atoms with Crippen molar-refractivity contribution in [3.05, 3.63) is 59.7 Å². The van der Waals surface area contributed by atoms with Gasteiger partial charge in [-0.3, -0.25) is 4.79 Å². The molecule has 0 aromatic heterocycles. The summed E-state index contributed by atoms with van der Waals surface area (Å²) >= 11 is 0. The van der Waals surface area contributed by atoms with Crippen molar-refractivity contribution in [3.63, 3.8) is 0 Å². The van der Waals surface area contributed by atoms with Gasteiger partial charge >= 0.3 is 12.1 Å². The molecule has 2 amide bonds. The van der Waals surface area contributed by atoms with Crippen molar-refractivity contribution in [1.82, 2.24) is 10.6 Å². The average Bonchev–Trinajstić information content (AvgIpc) is 3.19. The number of aliphatic carboxylic acids is 1. The van der Waals surface area contributed by atoms with Gasteiger partial charge in [-0.05, 0) is 54.4 Å². The van der Waals surface area contributed by atoms with Gasteiger partial charge in [-0.15, -0.1) is 0 Å². The molecule has 7 nitrogen and oxygen atoms in total. The molecule has 3 N–H and O–H groups in total. The maximum Gasteiger partial charge on any atom is 0.407 e. The highest BCUT2D eigenvalue weighted by Crippen LogP contribution is 2.44. The fraction of sp³-hybridized carbons (Fsp3) is 0.464. The lowest BCUT2D eigenvalue weighted by molar-refractivity contribution is -0.148. The number of hydrogen-bond acceptors (Lipinski definition) is 4. The summed E-state index contributed by atoms with van der Waals surface area (Å²) in [6.07, 6.45) is 3.17. The van der Waals surface area contributed by atoms with Gasteiger partial charge in [-0.1, -0.05) is 68.3 Å². The molecule has 0 saturated heterocycles. The van der Waals surface area contributed by atoms with E-state index in [9.17, 15) is 19.5 Å². The SMILES string of the molecule is CCC(C)(NC(=O)[C@H]1CCCC[C@H]1CNC(=O)OCC1c2ccccc2-c2ccccc21)C(=O)O. The monoisotopic (exact) mass is 478 g/mol. The molecule has 0 aliphatic heterocycles. The molecular weight excluding hydrogens is 444 g/mol. The van der Waals surface area contributed by atoms with Crippen molar-refractivity contribution in [2.75, 3.05) is 13.2 Å². The van der Waals surface area contributed by atoms with E-state index in [0.717, 1.165) is 30.4 Å². The third kappa shape index (κ3) is 5.19. The van der Waals surface area contributed by atoms with Crippen molar-refractivity contribution in [2.45, 2.75) is 57.4 Å². The number of nitrogens with one attached hydrogen (secondary N) is 2. The summed E-state index contributed by atoms with van der Waals surface area (Å²) in [7, 11) is 0. The number of amides is 2. The molecule has 1 unspecified atom stereocenters. The largest absolute Gasteiger partial charge is 0.480 e. The second kappa shape index (κ2) is 10.5. The number of fused-ring (bicyclic) bond motifs is 3. The normalized spacial score (nSPS) is 20.7. The molecule has 7 heteroatoms. The van der Waals surface area contributed by atoms with E-state index in [1.807, 2.05) is 24.3 Å². The maximum atomic E-state index is 12.9. The lowest BCUT2D eigenvalue weighted by Crippen LogP contribution is -2.55. The third-order valence-electron chi connectivity index (χ3n) is 7.68. The number of ether oxygens (including phenoxy) is 1. The van der Waals surface area contributed by atoms with Crippen LogP contribution in [0.2, 0.25) is 0 Å². The molecule has 2 aliphatic carbocycles. The predicted octanol–water partition coefficient (Wildman–Crippen LogP) is 4.70. The summed E-state index contributed by atoms with van der Waals surface area (Å²) in [5.41, 5.74) is 3.37. The van der Waals surface area contributed by atoms with Crippen LogP contribution < -0.4 is 10.6 Å². The highest BCUT2D eigenvalue weighted by atomic mass is 16.5. The third-order valence-corrected chi connectivity index (χ3v) is 7.68. The fourth-order valence-corrected chi connectivity index (χ4v) is 5.32. The van der Waals surface area contributed by atoms with Crippen LogP contribution in [0, 0.1) is 11.8 Å². The van der Waals surface area contributed by atoms with E-state index >= 15 is 0 Å². The van der Waals surface area contributed by atoms with Crippen LogP contribution in [0.3, 0.4) is 0 Å². The molecule has 3 atom stereocenters. The lowest BCUT2D eigenvalue weighted by Gasteiger charge is -2.34. The number of carboxylic acid groups (broad SMARTS) is 1. The first-order valence-electron chi connectivity index (χ1n) is 12.5. The van der Waals surface area contributed by atoms with Crippen molar-refractivity contribution < 1.29 is 24.2 Å². The first-order valence-corrected chi connectivity index (χ1v) is 12.5. The number of carbonyl (C=O) groups is 3. The molecule has 1 saturated carbocycles. The highest BCUT2D eigenvalue weighted by Gasteiger charge is 2.38. The molecule has 1 fully saturated rings. The van der Waals surface area contributed by atoms with Crippen molar-refractivity contribution in [2.24, 2.45) is 11.8 Å². The number of alkyl carbamates (subject to hydrolysis) is 1. The topological polar surface area (TPSA) is 105 Å². The van der Waals surface area contributed by atoms with E-state index in [2.05, 4.69) is 34.9 Å². The minimum atomic E-state index is -1.29. The molecule has 2 aromatic rings. The van der Waals surface area contributed by atoms with Crippen LogP contribution in [0.5, 0.6) is 0 Å². The van der Waals surface area contributed by atoms with Gasteiger partial charge in [0.25, 0.3) is 0 Å². The Bertz CT molecular complexity index is 1050. The molecule has 0 heterocycles. The molecule has 0 bridgehead atoms. The van der Waals surface area contributed by atoms with Crippen LogP contribution in [0.4, 0.5) is 4.79 Å². The van der Waals surface area contributed by atoms with Gasteiger partial charge in [0, 0.05) is 18.4 Å². The molecule has 186 valence electrons. The van der Waals surface area contributed by atoms with E-state index in [-0.39, 0.29) is 30.3 Å². The molecule has 2 aliphatic rings. The van der Waals surface area contributed by atoms with Gasteiger partial charge in [0.15, 0.2) is 0 Å². The standard InChI is InChI=1S/C28H34N2O5/c1-3-28(2,26(32)33)30-25(31)19-11-5-4-10-18(19)16-29-27(34)35-17-24-22-14-8-6-12-20(22)21-13-7-9-15-23(21)24/h6-9,12-15,18-19,24H,3-5,10-11,16-17H2,1-2H3,(H,29,34)(H,30,31)(H,32,33)/t18-,19-,28?/m0/s1. The van der Waals surface area contributed by atoms with Crippen molar-refractivity contribution >= 4 is 18.0 Å². The molecule has 0 spiro atoms. The summed E-state index contributed by atoms with van der Waals surface area (Å²) in [5, 5.41) is 15.1. The number of carboxylic acids is 1. The maximum absolute atomic E-state index is 12.9. The average molecular weight is 479 g/mol. The van der Waals surface area contributed by atoms with Gasteiger partial charge < -0.3 is 20.5 Å². The van der Waals surface area contributed by atoms with Gasteiger partial charge in [0.2, 0.25) is 5.91 Å². The molecular formula is C28H34N2O5. The Hall–Kier alpha value is -3.35. The predicted molar refractivity (Wildman–Crippen MR) is 133 cm³/mol. The Morgan fingerprint density at radius 1 is 1.00 bits per heavy atom. The summed E-state index contributed by atoms with van der Waals surface area (Å²) < 4.78 is 5.63. The Morgan fingerprint density at radius 3 is 2.20 bits per heavy atom. The second-order valence-corrected chi connectivity index (χ2v) is 9.84. The number of carbonyl (C=O) groups excluding carboxylic acids is 2. The second-order valence-electron chi connectivity index (χ2n) is 9.84. The van der Waals surface area contributed by atoms with Crippen LogP contribution in [-0.4, -0.2) is 41.8 Å². The van der Waals surface area contributed by atoms with Crippen LogP contribution in [-0.2, 0) is 14.3 Å². The van der Waals surface area contributed by atoms with E-state index in [4.69, 9.17) is 4.74 Å². The number of rotatable bonds is 8. The molecule has 2 aromatic carbocycles. The lowest BCUT2D eigenvalue weighted by atomic mass is 9.78. The molecule has 4 rings (SSSR count).